The summed E-state index contributed by atoms with van der Waals surface area (Å²) in [5.41, 5.74) is -0.261. The molecule has 0 radical (unpaired) electrons. The highest BCUT2D eigenvalue weighted by Gasteiger charge is 2.48. The van der Waals surface area contributed by atoms with Crippen LogP contribution >= 0.6 is 0 Å². The van der Waals surface area contributed by atoms with E-state index in [1.165, 1.54) is 38.5 Å². The van der Waals surface area contributed by atoms with Gasteiger partial charge in [-0.2, -0.15) is 0 Å². The fourth-order valence-corrected chi connectivity index (χ4v) is 2.25. The van der Waals surface area contributed by atoms with Crippen molar-refractivity contribution >= 4 is 0 Å². The summed E-state index contributed by atoms with van der Waals surface area (Å²) in [5.74, 6) is 0.560. The number of aliphatic hydroxyl groups is 1. The summed E-state index contributed by atoms with van der Waals surface area (Å²) < 4.78 is 0. The van der Waals surface area contributed by atoms with Crippen LogP contribution in [0.3, 0.4) is 0 Å². The first-order valence-electron chi connectivity index (χ1n) is 6.52. The number of hydrogen-bond acceptors (Lipinski definition) is 1. The van der Waals surface area contributed by atoms with Gasteiger partial charge in [0.15, 0.2) is 0 Å². The van der Waals surface area contributed by atoms with Gasteiger partial charge in [0.05, 0.1) is 5.60 Å². The Labute approximate surface area is 94.6 Å². The smallest absolute Gasteiger partial charge is 0.0677 e. The minimum Gasteiger partial charge on any atom is -0.390 e. The average Bonchev–Trinajstić information content (AvgIpc) is 2.79. The molecule has 1 rings (SSSR count). The molecule has 2 unspecified atom stereocenters. The quantitative estimate of drug-likeness (QED) is 0.449. The van der Waals surface area contributed by atoms with Gasteiger partial charge in [0.2, 0.25) is 0 Å². The number of unbranched alkanes of at least 4 members (excludes halogenated alkanes) is 6. The van der Waals surface area contributed by atoms with Crippen LogP contribution in [0.5, 0.6) is 0 Å². The molecule has 1 fully saturated rings. The molecule has 0 amide bonds. The van der Waals surface area contributed by atoms with Crippen LogP contribution in [0.25, 0.3) is 0 Å². The lowest BCUT2D eigenvalue weighted by Gasteiger charge is -2.08. The van der Waals surface area contributed by atoms with Gasteiger partial charge in [-0.1, -0.05) is 45.1 Å². The third-order valence-electron chi connectivity index (χ3n) is 3.68. The second-order valence-corrected chi connectivity index (χ2v) is 5.16. The van der Waals surface area contributed by atoms with Crippen LogP contribution in [-0.2, 0) is 0 Å². The van der Waals surface area contributed by atoms with Gasteiger partial charge in [-0.3, -0.25) is 0 Å². The summed E-state index contributed by atoms with van der Waals surface area (Å²) in [6.07, 6.45) is 13.1. The van der Waals surface area contributed by atoms with E-state index in [2.05, 4.69) is 13.5 Å². The molecule has 0 saturated heterocycles. The summed E-state index contributed by atoms with van der Waals surface area (Å²) in [6.45, 7) is 5.87. The number of hydrogen-bond donors (Lipinski definition) is 1. The second kappa shape index (κ2) is 6.32. The zero-order valence-electron chi connectivity index (χ0n) is 10.2. The lowest BCUT2D eigenvalue weighted by molar-refractivity contribution is 0.120. The molecule has 0 heterocycles. The van der Waals surface area contributed by atoms with Crippen LogP contribution in [-0.4, -0.2) is 10.7 Å². The Morgan fingerprint density at radius 3 is 2.27 bits per heavy atom. The lowest BCUT2D eigenvalue weighted by atomic mass is 10.0. The third kappa shape index (κ3) is 4.83. The molecule has 1 aliphatic rings. The van der Waals surface area contributed by atoms with E-state index in [9.17, 15) is 5.11 Å². The van der Waals surface area contributed by atoms with E-state index in [4.69, 9.17) is 0 Å². The van der Waals surface area contributed by atoms with Crippen molar-refractivity contribution in [2.24, 2.45) is 5.92 Å². The summed E-state index contributed by atoms with van der Waals surface area (Å²) in [5, 5.41) is 9.86. The molecule has 1 saturated carbocycles. The molecule has 0 aromatic heterocycles. The Kier molecular flexibility index (Phi) is 5.38. The van der Waals surface area contributed by atoms with E-state index in [1.54, 1.807) is 0 Å². The normalized spacial score (nSPS) is 29.1. The van der Waals surface area contributed by atoms with E-state index in [0.717, 1.165) is 19.3 Å². The predicted octanol–water partition coefficient (Wildman–Crippen LogP) is 4.06. The molecule has 1 N–H and O–H groups in total. The molecule has 0 aromatic rings. The maximum absolute atomic E-state index is 9.86. The zero-order valence-corrected chi connectivity index (χ0v) is 10.2. The van der Waals surface area contributed by atoms with Gasteiger partial charge in [-0.25, -0.2) is 0 Å². The first-order chi connectivity index (χ1) is 7.19. The van der Waals surface area contributed by atoms with Crippen molar-refractivity contribution < 1.29 is 5.11 Å². The molecule has 0 aliphatic heterocycles. The molecule has 1 heteroatoms. The Morgan fingerprint density at radius 1 is 1.20 bits per heavy atom. The molecule has 88 valence electrons. The molecule has 1 aliphatic carbocycles. The predicted molar refractivity (Wildman–Crippen MR) is 65.9 cm³/mol. The minimum atomic E-state index is -0.261. The monoisotopic (exact) mass is 210 g/mol. The Hall–Kier alpha value is -0.300. The third-order valence-corrected chi connectivity index (χ3v) is 3.68. The highest BCUT2D eigenvalue weighted by Crippen LogP contribution is 2.46. The van der Waals surface area contributed by atoms with Gasteiger partial charge in [-0.05, 0) is 31.6 Å². The van der Waals surface area contributed by atoms with E-state index in [-0.39, 0.29) is 5.60 Å². The summed E-state index contributed by atoms with van der Waals surface area (Å²) in [7, 11) is 0. The molecule has 1 nitrogen and oxygen atoms in total. The highest BCUT2D eigenvalue weighted by molar-refractivity contribution is 5.00. The van der Waals surface area contributed by atoms with Crippen molar-refractivity contribution in [1.82, 2.24) is 0 Å². The van der Waals surface area contributed by atoms with Gasteiger partial charge < -0.3 is 5.11 Å². The van der Waals surface area contributed by atoms with Crippen molar-refractivity contribution in [2.45, 2.75) is 70.3 Å². The maximum atomic E-state index is 9.86. The molecular weight excluding hydrogens is 184 g/mol. The van der Waals surface area contributed by atoms with Crippen molar-refractivity contribution in [2.75, 3.05) is 0 Å². The molecule has 15 heavy (non-hydrogen) atoms. The molecule has 0 aromatic carbocycles. The maximum Gasteiger partial charge on any atom is 0.0677 e. The van der Waals surface area contributed by atoms with Crippen LogP contribution < -0.4 is 0 Å². The standard InChI is InChI=1S/C14H26O/c1-3-4-5-6-7-8-9-10-11-14(15)12-13(14)2/h3,13,15H,1,4-12H2,2H3. The van der Waals surface area contributed by atoms with Crippen LogP contribution in [0.2, 0.25) is 0 Å². The summed E-state index contributed by atoms with van der Waals surface area (Å²) in [6, 6.07) is 0. The summed E-state index contributed by atoms with van der Waals surface area (Å²) >= 11 is 0. The van der Waals surface area contributed by atoms with Gasteiger partial charge in [-0.15, -0.1) is 6.58 Å². The largest absolute Gasteiger partial charge is 0.390 e. The van der Waals surface area contributed by atoms with Crippen LogP contribution in [0.15, 0.2) is 12.7 Å². The Balaban J connectivity index is 1.79. The van der Waals surface area contributed by atoms with Crippen LogP contribution in [0, 0.1) is 5.92 Å². The number of allylic oxidation sites excluding steroid dienone is 1. The van der Waals surface area contributed by atoms with E-state index >= 15 is 0 Å². The molecule has 0 spiro atoms. The minimum absolute atomic E-state index is 0.261. The first kappa shape index (κ1) is 12.8. The summed E-state index contributed by atoms with van der Waals surface area (Å²) in [4.78, 5) is 0. The average molecular weight is 210 g/mol. The van der Waals surface area contributed by atoms with Gasteiger partial charge in [0, 0.05) is 0 Å². The van der Waals surface area contributed by atoms with Gasteiger partial charge >= 0.3 is 0 Å². The fourth-order valence-electron chi connectivity index (χ4n) is 2.25. The molecular formula is C14H26O. The van der Waals surface area contributed by atoms with Gasteiger partial charge in [0.25, 0.3) is 0 Å². The van der Waals surface area contributed by atoms with Crippen molar-refractivity contribution in [3.63, 3.8) is 0 Å². The van der Waals surface area contributed by atoms with E-state index in [1.807, 2.05) is 6.08 Å². The highest BCUT2D eigenvalue weighted by atomic mass is 16.3. The first-order valence-corrected chi connectivity index (χ1v) is 6.52. The van der Waals surface area contributed by atoms with Crippen LogP contribution in [0.4, 0.5) is 0 Å². The lowest BCUT2D eigenvalue weighted by Crippen LogP contribution is -2.09. The topological polar surface area (TPSA) is 20.2 Å². The molecule has 0 bridgehead atoms. The number of rotatable bonds is 9. The Bertz CT molecular complexity index is 188. The van der Waals surface area contributed by atoms with Crippen LogP contribution in [0.1, 0.15) is 64.7 Å². The second-order valence-electron chi connectivity index (χ2n) is 5.16. The molecule has 2 atom stereocenters. The zero-order chi connectivity index (χ0) is 11.1. The van der Waals surface area contributed by atoms with Crippen molar-refractivity contribution in [3.05, 3.63) is 12.7 Å². The SMILES string of the molecule is C=CCCCCCCCCC1(O)CC1C. The van der Waals surface area contributed by atoms with E-state index < -0.39 is 0 Å². The van der Waals surface area contributed by atoms with Crippen molar-refractivity contribution in [3.8, 4) is 0 Å². The van der Waals surface area contributed by atoms with E-state index in [0.29, 0.717) is 5.92 Å². The van der Waals surface area contributed by atoms with Gasteiger partial charge in [0.1, 0.15) is 0 Å². The van der Waals surface area contributed by atoms with Crippen molar-refractivity contribution in [1.29, 1.82) is 0 Å². The fraction of sp³-hybridized carbons (Fsp3) is 0.857. The Morgan fingerprint density at radius 2 is 1.73 bits per heavy atom.